The quantitative estimate of drug-likeness (QED) is 0.895. The molecule has 6 heteroatoms. The van der Waals surface area contributed by atoms with Gasteiger partial charge in [-0.25, -0.2) is 4.98 Å². The number of aromatic amines is 1. The smallest absolute Gasteiger partial charge is 0.153 e. The highest BCUT2D eigenvalue weighted by atomic mass is 16.5. The van der Waals surface area contributed by atoms with Gasteiger partial charge in [-0.1, -0.05) is 0 Å². The van der Waals surface area contributed by atoms with Crippen LogP contribution < -0.4 is 5.32 Å². The number of anilines is 2. The average molecular weight is 325 g/mol. The standard InChI is InChI=1S/C18H23N5O/c1-11-8-16(20-17-9-12(2)22-23-17)21-18(15(11)10-19)13-4-6-14(24-3)7-5-13/h8-9,13-14H,4-7H2,1-3H3,(H2,20,21,22,23). The summed E-state index contributed by atoms with van der Waals surface area (Å²) in [5.41, 5.74) is 3.55. The van der Waals surface area contributed by atoms with E-state index in [1.165, 1.54) is 0 Å². The Morgan fingerprint density at radius 3 is 2.54 bits per heavy atom. The van der Waals surface area contributed by atoms with E-state index in [9.17, 15) is 5.26 Å². The molecule has 3 rings (SSSR count). The number of aryl methyl sites for hydroxylation is 2. The van der Waals surface area contributed by atoms with Gasteiger partial charge in [0, 0.05) is 24.8 Å². The Morgan fingerprint density at radius 2 is 1.96 bits per heavy atom. The van der Waals surface area contributed by atoms with Crippen molar-refractivity contribution in [3.8, 4) is 6.07 Å². The van der Waals surface area contributed by atoms with Gasteiger partial charge >= 0.3 is 0 Å². The highest BCUT2D eigenvalue weighted by Crippen LogP contribution is 2.36. The lowest BCUT2D eigenvalue weighted by molar-refractivity contribution is 0.0655. The van der Waals surface area contributed by atoms with Gasteiger partial charge in [-0.2, -0.15) is 10.4 Å². The predicted molar refractivity (Wildman–Crippen MR) is 92.3 cm³/mol. The van der Waals surface area contributed by atoms with Crippen LogP contribution in [-0.4, -0.2) is 28.4 Å². The van der Waals surface area contributed by atoms with Gasteiger partial charge in [-0.05, 0) is 51.2 Å². The summed E-state index contributed by atoms with van der Waals surface area (Å²) in [7, 11) is 1.77. The van der Waals surface area contributed by atoms with E-state index in [0.717, 1.165) is 54.3 Å². The van der Waals surface area contributed by atoms with Crippen molar-refractivity contribution in [3.63, 3.8) is 0 Å². The summed E-state index contributed by atoms with van der Waals surface area (Å²) in [6.45, 7) is 3.92. The highest BCUT2D eigenvalue weighted by molar-refractivity contribution is 5.56. The molecule has 0 radical (unpaired) electrons. The largest absolute Gasteiger partial charge is 0.381 e. The Morgan fingerprint density at radius 1 is 1.21 bits per heavy atom. The first-order valence-corrected chi connectivity index (χ1v) is 8.34. The fourth-order valence-corrected chi connectivity index (χ4v) is 3.39. The van der Waals surface area contributed by atoms with Crippen molar-refractivity contribution in [3.05, 3.63) is 34.6 Å². The average Bonchev–Trinajstić information content (AvgIpc) is 2.99. The SMILES string of the molecule is COC1CCC(c2nc(Nc3cc(C)[nH]n3)cc(C)c2C#N)CC1. The molecule has 24 heavy (non-hydrogen) atoms. The van der Waals surface area contributed by atoms with E-state index in [2.05, 4.69) is 21.6 Å². The Labute approximate surface area is 142 Å². The lowest BCUT2D eigenvalue weighted by Crippen LogP contribution is -2.21. The number of pyridine rings is 1. The summed E-state index contributed by atoms with van der Waals surface area (Å²) in [5, 5.41) is 19.9. The molecular weight excluding hydrogens is 302 g/mol. The minimum atomic E-state index is 0.312. The van der Waals surface area contributed by atoms with Crippen LogP contribution in [0, 0.1) is 25.2 Å². The number of methoxy groups -OCH3 is 1. The number of ether oxygens (including phenoxy) is 1. The summed E-state index contributed by atoms with van der Waals surface area (Å²) in [6, 6.07) is 6.18. The maximum Gasteiger partial charge on any atom is 0.153 e. The molecule has 1 aliphatic carbocycles. The van der Waals surface area contributed by atoms with Crippen molar-refractivity contribution in [2.75, 3.05) is 12.4 Å². The van der Waals surface area contributed by atoms with Crippen LogP contribution in [0.2, 0.25) is 0 Å². The van der Waals surface area contributed by atoms with Crippen molar-refractivity contribution in [2.24, 2.45) is 0 Å². The van der Waals surface area contributed by atoms with Crippen LogP contribution in [-0.2, 0) is 4.74 Å². The molecule has 6 nitrogen and oxygen atoms in total. The monoisotopic (exact) mass is 325 g/mol. The molecule has 0 unspecified atom stereocenters. The van der Waals surface area contributed by atoms with Crippen LogP contribution in [0.25, 0.3) is 0 Å². The van der Waals surface area contributed by atoms with Crippen LogP contribution in [0.3, 0.4) is 0 Å². The third kappa shape index (κ3) is 3.41. The lowest BCUT2D eigenvalue weighted by Gasteiger charge is -2.28. The second-order valence-corrected chi connectivity index (χ2v) is 6.47. The van der Waals surface area contributed by atoms with Crippen LogP contribution in [0.15, 0.2) is 12.1 Å². The molecular formula is C18H23N5O. The third-order valence-corrected chi connectivity index (χ3v) is 4.71. The van der Waals surface area contributed by atoms with Gasteiger partial charge in [-0.15, -0.1) is 0 Å². The van der Waals surface area contributed by atoms with Gasteiger partial charge in [-0.3, -0.25) is 5.10 Å². The number of nitriles is 1. The molecule has 126 valence electrons. The number of rotatable bonds is 4. The van der Waals surface area contributed by atoms with E-state index in [-0.39, 0.29) is 0 Å². The molecule has 2 heterocycles. The van der Waals surface area contributed by atoms with Crippen molar-refractivity contribution in [1.82, 2.24) is 15.2 Å². The van der Waals surface area contributed by atoms with Gasteiger partial charge < -0.3 is 10.1 Å². The number of aromatic nitrogens is 3. The summed E-state index contributed by atoms with van der Waals surface area (Å²) >= 11 is 0. The van der Waals surface area contributed by atoms with Crippen molar-refractivity contribution in [2.45, 2.75) is 51.6 Å². The zero-order chi connectivity index (χ0) is 17.1. The number of hydrogen-bond donors (Lipinski definition) is 2. The lowest BCUT2D eigenvalue weighted by atomic mass is 9.83. The maximum atomic E-state index is 9.56. The first-order valence-electron chi connectivity index (χ1n) is 8.34. The van der Waals surface area contributed by atoms with Crippen LogP contribution in [0.4, 0.5) is 11.6 Å². The molecule has 0 spiro atoms. The molecule has 2 aromatic heterocycles. The second kappa shape index (κ2) is 7.02. The van der Waals surface area contributed by atoms with Gasteiger partial charge in [0.15, 0.2) is 5.82 Å². The van der Waals surface area contributed by atoms with Crippen molar-refractivity contribution < 1.29 is 4.74 Å². The minimum Gasteiger partial charge on any atom is -0.381 e. The van der Waals surface area contributed by atoms with Gasteiger partial charge in [0.25, 0.3) is 0 Å². The van der Waals surface area contributed by atoms with Crippen LogP contribution in [0.5, 0.6) is 0 Å². The fourth-order valence-electron chi connectivity index (χ4n) is 3.39. The summed E-state index contributed by atoms with van der Waals surface area (Å²) < 4.78 is 5.45. The van der Waals surface area contributed by atoms with E-state index >= 15 is 0 Å². The Bertz CT molecular complexity index is 753. The Kier molecular flexibility index (Phi) is 4.81. The molecule has 0 atom stereocenters. The number of nitrogens with zero attached hydrogens (tertiary/aromatic N) is 3. The van der Waals surface area contributed by atoms with E-state index in [0.29, 0.717) is 17.6 Å². The van der Waals surface area contributed by atoms with Crippen molar-refractivity contribution in [1.29, 1.82) is 5.26 Å². The summed E-state index contributed by atoms with van der Waals surface area (Å²) in [5.74, 6) is 1.78. The predicted octanol–water partition coefficient (Wildman–Crippen LogP) is 3.71. The van der Waals surface area contributed by atoms with Gasteiger partial charge in [0.05, 0.1) is 17.4 Å². The molecule has 1 fully saturated rings. The van der Waals surface area contributed by atoms with Gasteiger partial charge in [0.2, 0.25) is 0 Å². The second-order valence-electron chi connectivity index (χ2n) is 6.47. The van der Waals surface area contributed by atoms with Crippen LogP contribution in [0.1, 0.15) is 54.1 Å². The van der Waals surface area contributed by atoms with E-state index in [4.69, 9.17) is 9.72 Å². The molecule has 1 aliphatic rings. The first-order chi connectivity index (χ1) is 11.6. The summed E-state index contributed by atoms with van der Waals surface area (Å²) in [6.07, 6.45) is 4.38. The molecule has 0 aliphatic heterocycles. The molecule has 0 saturated heterocycles. The highest BCUT2D eigenvalue weighted by Gasteiger charge is 2.26. The maximum absolute atomic E-state index is 9.56. The zero-order valence-corrected chi connectivity index (χ0v) is 14.4. The van der Waals surface area contributed by atoms with Crippen LogP contribution >= 0.6 is 0 Å². The van der Waals surface area contributed by atoms with E-state index in [1.54, 1.807) is 7.11 Å². The molecule has 0 bridgehead atoms. The molecule has 1 saturated carbocycles. The molecule has 2 aromatic rings. The topological polar surface area (TPSA) is 86.6 Å². The molecule has 2 N–H and O–H groups in total. The molecule has 0 amide bonds. The van der Waals surface area contributed by atoms with Crippen molar-refractivity contribution >= 4 is 11.6 Å². The molecule has 0 aromatic carbocycles. The summed E-state index contributed by atoms with van der Waals surface area (Å²) in [4.78, 5) is 4.76. The minimum absolute atomic E-state index is 0.312. The first kappa shape index (κ1) is 16.5. The van der Waals surface area contributed by atoms with E-state index < -0.39 is 0 Å². The normalized spacial score (nSPS) is 20.6. The Balaban J connectivity index is 1.88. The van der Waals surface area contributed by atoms with E-state index in [1.807, 2.05) is 26.0 Å². The van der Waals surface area contributed by atoms with Gasteiger partial charge in [0.1, 0.15) is 11.9 Å². The fraction of sp³-hybridized carbons (Fsp3) is 0.500. The number of H-pyrrole nitrogens is 1. The number of nitrogens with one attached hydrogen (secondary N) is 2. The third-order valence-electron chi connectivity index (χ3n) is 4.71. The zero-order valence-electron chi connectivity index (χ0n) is 14.4. The number of hydrogen-bond acceptors (Lipinski definition) is 5. The Hall–Kier alpha value is -2.39.